The summed E-state index contributed by atoms with van der Waals surface area (Å²) in [5.74, 6) is -0.0829. The molecule has 0 aliphatic carbocycles. The molecule has 0 saturated carbocycles. The van der Waals surface area contributed by atoms with Crippen molar-refractivity contribution in [2.45, 2.75) is 6.92 Å². The van der Waals surface area contributed by atoms with E-state index in [-0.39, 0.29) is 18.8 Å². The number of benzene rings is 1. The van der Waals surface area contributed by atoms with Crippen LogP contribution in [-0.2, 0) is 9.53 Å². The number of nitriles is 1. The van der Waals surface area contributed by atoms with Gasteiger partial charge in [-0.05, 0) is 37.3 Å². The Labute approximate surface area is 165 Å². The zero-order valence-corrected chi connectivity index (χ0v) is 15.7. The minimum atomic E-state index is -0.548. The number of anilines is 1. The van der Waals surface area contributed by atoms with E-state index in [1.807, 2.05) is 6.07 Å². The van der Waals surface area contributed by atoms with Gasteiger partial charge in [0.1, 0.15) is 22.1 Å². The minimum Gasteiger partial charge on any atom is -0.484 e. The van der Waals surface area contributed by atoms with E-state index in [0.29, 0.717) is 27.6 Å². The van der Waals surface area contributed by atoms with Gasteiger partial charge in [-0.25, -0.2) is 4.79 Å². The van der Waals surface area contributed by atoms with Crippen molar-refractivity contribution in [3.8, 4) is 23.1 Å². The molecule has 0 radical (unpaired) electrons. The lowest BCUT2D eigenvalue weighted by molar-refractivity contribution is -0.118. The Bertz CT molecular complexity index is 1020. The summed E-state index contributed by atoms with van der Waals surface area (Å²) in [5, 5.41) is 13.7. The summed E-state index contributed by atoms with van der Waals surface area (Å²) in [5.41, 5.74) is 1.22. The third kappa shape index (κ3) is 4.39. The van der Waals surface area contributed by atoms with Gasteiger partial charge in [-0.1, -0.05) is 6.07 Å². The summed E-state index contributed by atoms with van der Waals surface area (Å²) >= 11 is 1.19. The number of hydrogen-bond acceptors (Lipinski definition) is 7. The van der Waals surface area contributed by atoms with E-state index in [1.54, 1.807) is 42.6 Å². The van der Waals surface area contributed by atoms with Crippen molar-refractivity contribution in [3.05, 3.63) is 59.2 Å². The lowest BCUT2D eigenvalue weighted by atomic mass is 10.1. The highest BCUT2D eigenvalue weighted by Crippen LogP contribution is 2.36. The SMILES string of the molecule is CCOC(=O)c1c(-c2ccco2)csc1NC(=O)COc1cccc(C#N)c1. The summed E-state index contributed by atoms with van der Waals surface area (Å²) in [4.78, 5) is 24.7. The number of carbonyl (C=O) groups is 2. The van der Waals surface area contributed by atoms with Crippen molar-refractivity contribution >= 4 is 28.2 Å². The fourth-order valence-corrected chi connectivity index (χ4v) is 3.39. The highest BCUT2D eigenvalue weighted by molar-refractivity contribution is 7.15. The molecule has 7 nitrogen and oxygen atoms in total. The Kier molecular flexibility index (Phi) is 6.09. The average Bonchev–Trinajstić information content (AvgIpc) is 3.36. The average molecular weight is 396 g/mol. The number of furan rings is 1. The molecule has 0 aliphatic heterocycles. The van der Waals surface area contributed by atoms with Crippen molar-refractivity contribution in [2.24, 2.45) is 0 Å². The first-order chi connectivity index (χ1) is 13.6. The van der Waals surface area contributed by atoms with Crippen LogP contribution < -0.4 is 10.1 Å². The van der Waals surface area contributed by atoms with Gasteiger partial charge in [0.05, 0.1) is 24.5 Å². The first-order valence-corrected chi connectivity index (χ1v) is 9.25. The molecule has 0 fully saturated rings. The van der Waals surface area contributed by atoms with Gasteiger partial charge in [0.25, 0.3) is 5.91 Å². The van der Waals surface area contributed by atoms with Crippen LogP contribution >= 0.6 is 11.3 Å². The first-order valence-electron chi connectivity index (χ1n) is 8.37. The number of thiophene rings is 1. The van der Waals surface area contributed by atoms with Gasteiger partial charge in [-0.3, -0.25) is 4.79 Å². The lowest BCUT2D eigenvalue weighted by Gasteiger charge is -2.09. The van der Waals surface area contributed by atoms with Crippen LogP contribution in [0.2, 0.25) is 0 Å². The topological polar surface area (TPSA) is 102 Å². The molecular formula is C20H16N2O5S. The van der Waals surface area contributed by atoms with E-state index in [9.17, 15) is 9.59 Å². The highest BCUT2D eigenvalue weighted by atomic mass is 32.1. The molecular weight excluding hydrogens is 380 g/mol. The van der Waals surface area contributed by atoms with Gasteiger partial charge in [0.2, 0.25) is 0 Å². The smallest absolute Gasteiger partial charge is 0.341 e. The quantitative estimate of drug-likeness (QED) is 0.604. The maximum absolute atomic E-state index is 12.4. The maximum atomic E-state index is 12.4. The Balaban J connectivity index is 1.75. The third-order valence-corrected chi connectivity index (χ3v) is 4.54. The van der Waals surface area contributed by atoms with Gasteiger partial charge in [0, 0.05) is 10.9 Å². The van der Waals surface area contributed by atoms with Crippen LogP contribution in [0.1, 0.15) is 22.8 Å². The molecule has 0 unspecified atom stereocenters. The summed E-state index contributed by atoms with van der Waals surface area (Å²) in [6, 6.07) is 11.9. The fraction of sp³-hybridized carbons (Fsp3) is 0.150. The van der Waals surface area contributed by atoms with Crippen LogP contribution in [0.15, 0.2) is 52.5 Å². The third-order valence-electron chi connectivity index (χ3n) is 3.64. The largest absolute Gasteiger partial charge is 0.484 e. The fourth-order valence-electron chi connectivity index (χ4n) is 2.44. The van der Waals surface area contributed by atoms with Crippen molar-refractivity contribution in [1.29, 1.82) is 5.26 Å². The predicted octanol–water partition coefficient (Wildman–Crippen LogP) is 4.07. The molecule has 142 valence electrons. The van der Waals surface area contributed by atoms with Crippen LogP contribution in [0.4, 0.5) is 5.00 Å². The second-order valence-electron chi connectivity index (χ2n) is 5.53. The summed E-state index contributed by atoms with van der Waals surface area (Å²) in [7, 11) is 0. The Morgan fingerprint density at radius 3 is 2.86 bits per heavy atom. The lowest BCUT2D eigenvalue weighted by Crippen LogP contribution is -2.21. The molecule has 0 atom stereocenters. The standard InChI is InChI=1S/C20H16N2O5S/c1-2-25-20(24)18-15(16-7-4-8-26-16)12-28-19(18)22-17(23)11-27-14-6-3-5-13(9-14)10-21/h3-9,12H,2,11H2,1H3,(H,22,23). The van der Waals surface area contributed by atoms with Crippen LogP contribution in [0, 0.1) is 11.3 Å². The molecule has 0 aliphatic rings. The molecule has 1 amide bonds. The summed E-state index contributed by atoms with van der Waals surface area (Å²) in [6.07, 6.45) is 1.50. The second-order valence-corrected chi connectivity index (χ2v) is 6.41. The Morgan fingerprint density at radius 2 is 2.14 bits per heavy atom. The zero-order valence-electron chi connectivity index (χ0n) is 14.9. The van der Waals surface area contributed by atoms with Gasteiger partial charge in [0.15, 0.2) is 6.61 Å². The van der Waals surface area contributed by atoms with Gasteiger partial charge in [-0.2, -0.15) is 5.26 Å². The van der Waals surface area contributed by atoms with E-state index in [2.05, 4.69) is 5.32 Å². The van der Waals surface area contributed by atoms with Crippen molar-refractivity contribution in [1.82, 2.24) is 0 Å². The molecule has 3 aromatic rings. The number of carbonyl (C=O) groups excluding carboxylic acids is 2. The Morgan fingerprint density at radius 1 is 1.29 bits per heavy atom. The molecule has 0 spiro atoms. The minimum absolute atomic E-state index is 0.206. The first kappa shape index (κ1) is 19.2. The summed E-state index contributed by atoms with van der Waals surface area (Å²) in [6.45, 7) is 1.64. The van der Waals surface area contributed by atoms with Crippen molar-refractivity contribution < 1.29 is 23.5 Å². The van der Waals surface area contributed by atoms with Gasteiger partial charge >= 0.3 is 5.97 Å². The van der Waals surface area contributed by atoms with Gasteiger partial charge < -0.3 is 19.2 Å². The maximum Gasteiger partial charge on any atom is 0.341 e. The molecule has 2 aromatic heterocycles. The number of esters is 1. The molecule has 28 heavy (non-hydrogen) atoms. The van der Waals surface area contributed by atoms with E-state index >= 15 is 0 Å². The van der Waals surface area contributed by atoms with E-state index in [0.717, 1.165) is 0 Å². The van der Waals surface area contributed by atoms with Gasteiger partial charge in [-0.15, -0.1) is 11.3 Å². The van der Waals surface area contributed by atoms with Crippen LogP contribution in [0.5, 0.6) is 5.75 Å². The number of amides is 1. The van der Waals surface area contributed by atoms with Crippen molar-refractivity contribution in [3.63, 3.8) is 0 Å². The van der Waals surface area contributed by atoms with Crippen LogP contribution in [-0.4, -0.2) is 25.1 Å². The van der Waals surface area contributed by atoms with E-state index in [1.165, 1.54) is 23.7 Å². The summed E-state index contributed by atoms with van der Waals surface area (Å²) < 4.78 is 15.9. The molecule has 2 heterocycles. The molecule has 0 saturated heterocycles. The van der Waals surface area contributed by atoms with Crippen LogP contribution in [0.3, 0.4) is 0 Å². The van der Waals surface area contributed by atoms with Crippen molar-refractivity contribution in [2.75, 3.05) is 18.5 Å². The number of hydrogen-bond donors (Lipinski definition) is 1. The highest BCUT2D eigenvalue weighted by Gasteiger charge is 2.24. The van der Waals surface area contributed by atoms with E-state index < -0.39 is 11.9 Å². The second kappa shape index (κ2) is 8.88. The zero-order chi connectivity index (χ0) is 19.9. The molecule has 0 bridgehead atoms. The number of rotatable bonds is 7. The van der Waals surface area contributed by atoms with E-state index in [4.69, 9.17) is 19.2 Å². The molecule has 3 rings (SSSR count). The monoisotopic (exact) mass is 396 g/mol. The molecule has 1 aromatic carbocycles. The predicted molar refractivity (Wildman–Crippen MR) is 103 cm³/mol. The van der Waals surface area contributed by atoms with Crippen LogP contribution in [0.25, 0.3) is 11.3 Å². The molecule has 8 heteroatoms. The number of nitrogens with zero attached hydrogens (tertiary/aromatic N) is 1. The molecule has 1 N–H and O–H groups in total. The number of ether oxygens (including phenoxy) is 2. The number of nitrogens with one attached hydrogen (secondary N) is 1. The normalized spacial score (nSPS) is 10.1. The Hall–Kier alpha value is -3.57.